The number of alkyl halides is 3. The highest BCUT2D eigenvalue weighted by atomic mass is 19.4. The van der Waals surface area contributed by atoms with Gasteiger partial charge in [-0.05, 0) is 53.1 Å². The summed E-state index contributed by atoms with van der Waals surface area (Å²) >= 11 is 0. The van der Waals surface area contributed by atoms with Gasteiger partial charge in [0.25, 0.3) is 5.91 Å². The van der Waals surface area contributed by atoms with E-state index in [1.165, 1.54) is 12.1 Å². The van der Waals surface area contributed by atoms with Gasteiger partial charge in [-0.2, -0.15) is 13.2 Å². The van der Waals surface area contributed by atoms with Crippen molar-refractivity contribution in [2.75, 3.05) is 26.7 Å². The van der Waals surface area contributed by atoms with Gasteiger partial charge in [-0.15, -0.1) is 0 Å². The van der Waals surface area contributed by atoms with E-state index in [0.29, 0.717) is 57.7 Å². The minimum Gasteiger partial charge on any atom is -0.497 e. The molecule has 1 spiro atoms. The molecule has 2 fully saturated rings. The number of nitrogens with one attached hydrogen (secondary N) is 1. The summed E-state index contributed by atoms with van der Waals surface area (Å²) in [6, 6.07) is 19.9. The lowest BCUT2D eigenvalue weighted by atomic mass is 9.91. The van der Waals surface area contributed by atoms with Gasteiger partial charge < -0.3 is 14.8 Å². The zero-order chi connectivity index (χ0) is 29.0. The molecular formula is C31H32F3N3O4. The molecule has 216 valence electrons. The summed E-state index contributed by atoms with van der Waals surface area (Å²) in [6.07, 6.45) is -3.39. The standard InChI is InChI=1S/C31H32F3N3O4/c1-40-27-12-6-22(7-13-27)18-35-28(38)25-8-2-24(3-9-25)20-37-21-30(41-29(37)39)14-16-36(17-15-30)19-23-4-10-26(11-5-23)31(32,33)34/h2-13H,14-21H2,1H3,(H,35,38). The summed E-state index contributed by atoms with van der Waals surface area (Å²) in [4.78, 5) is 29.1. The van der Waals surface area contributed by atoms with Gasteiger partial charge in [0.2, 0.25) is 0 Å². The molecule has 0 atom stereocenters. The third-order valence-corrected chi connectivity index (χ3v) is 7.70. The van der Waals surface area contributed by atoms with Crippen LogP contribution in [-0.4, -0.2) is 54.1 Å². The summed E-state index contributed by atoms with van der Waals surface area (Å²) in [6.45, 7) is 3.17. The van der Waals surface area contributed by atoms with Gasteiger partial charge in [0.1, 0.15) is 11.4 Å². The second-order valence-corrected chi connectivity index (χ2v) is 10.6. The maximum Gasteiger partial charge on any atom is 0.416 e. The van der Waals surface area contributed by atoms with Crippen LogP contribution < -0.4 is 10.1 Å². The van der Waals surface area contributed by atoms with Gasteiger partial charge in [0.15, 0.2) is 0 Å². The van der Waals surface area contributed by atoms with Crippen molar-refractivity contribution in [2.45, 2.75) is 44.3 Å². The number of benzene rings is 3. The topological polar surface area (TPSA) is 71.1 Å². The fourth-order valence-corrected chi connectivity index (χ4v) is 5.26. The third kappa shape index (κ3) is 7.00. The first-order valence-corrected chi connectivity index (χ1v) is 13.5. The molecule has 2 amide bonds. The molecule has 3 aromatic rings. The predicted octanol–water partition coefficient (Wildman–Crippen LogP) is 5.63. The third-order valence-electron chi connectivity index (χ3n) is 7.70. The highest BCUT2D eigenvalue weighted by molar-refractivity contribution is 5.94. The molecule has 0 saturated carbocycles. The van der Waals surface area contributed by atoms with Crippen LogP contribution in [0.2, 0.25) is 0 Å². The number of hydrogen-bond donors (Lipinski definition) is 1. The molecule has 2 aliphatic rings. The zero-order valence-corrected chi connectivity index (χ0v) is 22.7. The van der Waals surface area contributed by atoms with Gasteiger partial charge in [-0.3, -0.25) is 14.6 Å². The second-order valence-electron chi connectivity index (χ2n) is 10.6. The predicted molar refractivity (Wildman–Crippen MR) is 146 cm³/mol. The molecule has 7 nitrogen and oxygen atoms in total. The number of ether oxygens (including phenoxy) is 2. The number of carbonyl (C=O) groups is 2. The first-order valence-electron chi connectivity index (χ1n) is 13.5. The van der Waals surface area contributed by atoms with Gasteiger partial charge in [-0.25, -0.2) is 4.79 Å². The molecule has 2 aliphatic heterocycles. The fraction of sp³-hybridized carbons (Fsp3) is 0.355. The van der Waals surface area contributed by atoms with Crippen molar-refractivity contribution in [1.29, 1.82) is 0 Å². The maximum absolute atomic E-state index is 12.8. The first kappa shape index (κ1) is 28.5. The van der Waals surface area contributed by atoms with E-state index in [1.54, 1.807) is 24.1 Å². The lowest BCUT2D eigenvalue weighted by Gasteiger charge is -2.37. The molecule has 0 unspecified atom stereocenters. The highest BCUT2D eigenvalue weighted by Gasteiger charge is 2.46. The number of rotatable bonds is 8. The van der Waals surface area contributed by atoms with Crippen molar-refractivity contribution >= 4 is 12.0 Å². The van der Waals surface area contributed by atoms with Crippen LogP contribution in [0, 0.1) is 0 Å². The van der Waals surface area contributed by atoms with Gasteiger partial charge in [0.05, 0.1) is 19.2 Å². The van der Waals surface area contributed by atoms with E-state index in [0.717, 1.165) is 34.6 Å². The summed E-state index contributed by atoms with van der Waals surface area (Å²) in [5.74, 6) is 0.570. The first-order chi connectivity index (χ1) is 19.6. The summed E-state index contributed by atoms with van der Waals surface area (Å²) in [5, 5.41) is 2.90. The van der Waals surface area contributed by atoms with E-state index < -0.39 is 17.3 Å². The lowest BCUT2D eigenvalue weighted by Crippen LogP contribution is -2.46. The molecule has 2 saturated heterocycles. The van der Waals surface area contributed by atoms with Gasteiger partial charge in [-0.1, -0.05) is 36.4 Å². The number of amides is 2. The highest BCUT2D eigenvalue weighted by Crippen LogP contribution is 2.35. The number of piperidine rings is 1. The van der Waals surface area contributed by atoms with Gasteiger partial charge in [0, 0.05) is 51.1 Å². The second kappa shape index (κ2) is 11.8. The Morgan fingerprint density at radius 2 is 1.49 bits per heavy atom. The zero-order valence-electron chi connectivity index (χ0n) is 22.7. The number of carbonyl (C=O) groups excluding carboxylic acids is 2. The molecule has 5 rings (SSSR count). The smallest absolute Gasteiger partial charge is 0.416 e. The number of nitrogens with zero attached hydrogens (tertiary/aromatic N) is 2. The van der Waals surface area contributed by atoms with Crippen LogP contribution in [-0.2, 0) is 30.5 Å². The number of halogens is 3. The van der Waals surface area contributed by atoms with Crippen molar-refractivity contribution in [3.63, 3.8) is 0 Å². The minimum atomic E-state index is -4.34. The van der Waals surface area contributed by atoms with E-state index in [9.17, 15) is 22.8 Å². The molecule has 2 heterocycles. The van der Waals surface area contributed by atoms with Crippen LogP contribution in [0.4, 0.5) is 18.0 Å². The van der Waals surface area contributed by atoms with E-state index in [-0.39, 0.29) is 12.0 Å². The Bertz CT molecular complexity index is 1350. The lowest BCUT2D eigenvalue weighted by molar-refractivity contribution is -0.137. The average molecular weight is 568 g/mol. The van der Waals surface area contributed by atoms with Crippen molar-refractivity contribution in [1.82, 2.24) is 15.1 Å². The van der Waals surface area contributed by atoms with Crippen molar-refractivity contribution in [3.05, 3.63) is 101 Å². The number of likely N-dealkylation sites (tertiary alicyclic amines) is 1. The minimum absolute atomic E-state index is 0.185. The molecule has 1 N–H and O–H groups in total. The fourth-order valence-electron chi connectivity index (χ4n) is 5.26. The SMILES string of the molecule is COc1ccc(CNC(=O)c2ccc(CN3CC4(CCN(Cc5ccc(C(F)(F)F)cc5)CC4)OC3=O)cc2)cc1. The Labute approximate surface area is 236 Å². The van der Waals surface area contributed by atoms with E-state index in [1.807, 2.05) is 36.4 Å². The van der Waals surface area contributed by atoms with Crippen LogP contribution in [0.1, 0.15) is 45.5 Å². The molecule has 0 aromatic heterocycles. The Hall–Kier alpha value is -4.05. The summed E-state index contributed by atoms with van der Waals surface area (Å²) in [5.41, 5.74) is 1.99. The van der Waals surface area contributed by atoms with E-state index in [2.05, 4.69) is 10.2 Å². The summed E-state index contributed by atoms with van der Waals surface area (Å²) in [7, 11) is 1.60. The van der Waals surface area contributed by atoms with E-state index in [4.69, 9.17) is 9.47 Å². The summed E-state index contributed by atoms with van der Waals surface area (Å²) < 4.78 is 49.5. The normalized spacial score (nSPS) is 17.0. The number of methoxy groups -OCH3 is 1. The Balaban J connectivity index is 1.09. The van der Waals surface area contributed by atoms with Crippen LogP contribution >= 0.6 is 0 Å². The maximum atomic E-state index is 12.8. The molecule has 0 aliphatic carbocycles. The van der Waals surface area contributed by atoms with E-state index >= 15 is 0 Å². The molecule has 0 radical (unpaired) electrons. The Morgan fingerprint density at radius 3 is 2.10 bits per heavy atom. The molecule has 3 aromatic carbocycles. The average Bonchev–Trinajstić information content (AvgIpc) is 3.27. The molecule has 41 heavy (non-hydrogen) atoms. The van der Waals surface area contributed by atoms with Crippen molar-refractivity contribution in [3.8, 4) is 5.75 Å². The Morgan fingerprint density at radius 1 is 0.902 bits per heavy atom. The largest absolute Gasteiger partial charge is 0.497 e. The molecular weight excluding hydrogens is 535 g/mol. The van der Waals surface area contributed by atoms with Crippen LogP contribution in [0.5, 0.6) is 5.75 Å². The Kier molecular flexibility index (Phi) is 8.21. The van der Waals surface area contributed by atoms with Crippen LogP contribution in [0.15, 0.2) is 72.8 Å². The number of hydrogen-bond acceptors (Lipinski definition) is 5. The van der Waals surface area contributed by atoms with Gasteiger partial charge >= 0.3 is 12.3 Å². The van der Waals surface area contributed by atoms with Crippen LogP contribution in [0.25, 0.3) is 0 Å². The van der Waals surface area contributed by atoms with Crippen LogP contribution in [0.3, 0.4) is 0 Å². The molecule has 10 heteroatoms. The monoisotopic (exact) mass is 567 g/mol. The van der Waals surface area contributed by atoms with Crippen molar-refractivity contribution < 1.29 is 32.2 Å². The van der Waals surface area contributed by atoms with Crippen molar-refractivity contribution in [2.24, 2.45) is 0 Å². The molecule has 0 bridgehead atoms. The quantitative estimate of drug-likeness (QED) is 0.382.